The Morgan fingerprint density at radius 1 is 1.15 bits per heavy atom. The number of benzene rings is 1. The highest BCUT2D eigenvalue weighted by molar-refractivity contribution is 5.93. The van der Waals surface area contributed by atoms with Gasteiger partial charge in [0.15, 0.2) is 5.75 Å². The molecule has 8 nitrogen and oxygen atoms in total. The van der Waals surface area contributed by atoms with E-state index in [4.69, 9.17) is 4.74 Å². The fourth-order valence-corrected chi connectivity index (χ4v) is 4.04. The van der Waals surface area contributed by atoms with Gasteiger partial charge in [0.25, 0.3) is 0 Å². The number of halogens is 4. The summed E-state index contributed by atoms with van der Waals surface area (Å²) >= 11 is 0. The van der Waals surface area contributed by atoms with E-state index >= 15 is 0 Å². The van der Waals surface area contributed by atoms with Gasteiger partial charge in [0, 0.05) is 19.6 Å². The first-order valence-corrected chi connectivity index (χ1v) is 10.8. The van der Waals surface area contributed by atoms with Crippen LogP contribution in [0.15, 0.2) is 36.9 Å². The third kappa shape index (κ3) is 5.37. The Kier molecular flexibility index (Phi) is 6.58. The van der Waals surface area contributed by atoms with E-state index in [0.717, 1.165) is 6.07 Å². The van der Waals surface area contributed by atoms with Crippen molar-refractivity contribution in [1.82, 2.24) is 20.6 Å². The van der Waals surface area contributed by atoms with Gasteiger partial charge in [0.2, 0.25) is 5.91 Å². The lowest BCUT2D eigenvalue weighted by Gasteiger charge is -2.35. The highest BCUT2D eigenvalue weighted by atomic mass is 19.4. The standard InChI is InChI=1S/C22H23F4N5O3/c23-16-2-1-3-17(18(16)22(24,25)26)31-8-4-14(5-9-31)10-29-19(32)21(6-7-21)30-20(33)34-15-11-27-13-28-12-15/h1-3,11-14H,4-10H2,(H,29,32)(H,30,33). The maximum atomic E-state index is 13.9. The Bertz CT molecular complexity index is 1040. The lowest BCUT2D eigenvalue weighted by Crippen LogP contribution is -2.51. The van der Waals surface area contributed by atoms with E-state index in [1.54, 1.807) is 0 Å². The largest absolute Gasteiger partial charge is 0.421 e. The lowest BCUT2D eigenvalue weighted by molar-refractivity contribution is -0.139. The third-order valence-electron chi connectivity index (χ3n) is 6.06. The molecule has 2 heterocycles. The summed E-state index contributed by atoms with van der Waals surface area (Å²) in [5, 5.41) is 5.41. The van der Waals surface area contributed by atoms with E-state index in [2.05, 4.69) is 20.6 Å². The number of hydrogen-bond acceptors (Lipinski definition) is 6. The van der Waals surface area contributed by atoms with Gasteiger partial charge in [-0.25, -0.2) is 19.2 Å². The molecule has 0 bridgehead atoms. The highest BCUT2D eigenvalue weighted by Gasteiger charge is 2.51. The third-order valence-corrected chi connectivity index (χ3v) is 6.06. The number of carbonyl (C=O) groups is 2. The summed E-state index contributed by atoms with van der Waals surface area (Å²) in [6, 6.07) is 3.35. The molecule has 2 aromatic rings. The van der Waals surface area contributed by atoms with E-state index in [0.29, 0.717) is 45.3 Å². The molecule has 0 radical (unpaired) electrons. The molecule has 0 unspecified atom stereocenters. The molecule has 182 valence electrons. The van der Waals surface area contributed by atoms with Gasteiger partial charge < -0.3 is 20.3 Å². The predicted octanol–water partition coefficient (Wildman–Crippen LogP) is 3.29. The molecule has 0 spiro atoms. The first kappa shape index (κ1) is 23.7. The normalized spacial score (nSPS) is 17.7. The van der Waals surface area contributed by atoms with Crippen LogP contribution in [0.1, 0.15) is 31.2 Å². The molecular formula is C22H23F4N5O3. The van der Waals surface area contributed by atoms with Crippen LogP contribution < -0.4 is 20.3 Å². The Balaban J connectivity index is 1.27. The minimum absolute atomic E-state index is 0.0484. The van der Waals surface area contributed by atoms with Crippen molar-refractivity contribution in [1.29, 1.82) is 0 Å². The van der Waals surface area contributed by atoms with E-state index < -0.39 is 29.2 Å². The molecule has 1 saturated carbocycles. The molecule has 34 heavy (non-hydrogen) atoms. The molecule has 2 N–H and O–H groups in total. The Labute approximate surface area is 192 Å². The summed E-state index contributed by atoms with van der Waals surface area (Å²) in [5.41, 5.74) is -2.45. The van der Waals surface area contributed by atoms with E-state index in [1.807, 2.05) is 0 Å². The van der Waals surface area contributed by atoms with Crippen LogP contribution in [0.2, 0.25) is 0 Å². The average molecular weight is 481 g/mol. The number of ether oxygens (including phenoxy) is 1. The molecular weight excluding hydrogens is 458 g/mol. The second kappa shape index (κ2) is 9.43. The minimum Gasteiger partial charge on any atom is -0.407 e. The molecule has 1 aromatic carbocycles. The van der Waals surface area contributed by atoms with Crippen LogP contribution in [0.25, 0.3) is 0 Å². The van der Waals surface area contributed by atoms with Crippen molar-refractivity contribution in [2.75, 3.05) is 24.5 Å². The Hall–Kier alpha value is -3.44. The first-order valence-electron chi connectivity index (χ1n) is 10.8. The highest BCUT2D eigenvalue weighted by Crippen LogP contribution is 2.40. The fourth-order valence-electron chi connectivity index (χ4n) is 4.04. The van der Waals surface area contributed by atoms with Gasteiger partial charge in [0.05, 0.1) is 18.1 Å². The van der Waals surface area contributed by atoms with Crippen molar-refractivity contribution in [3.05, 3.63) is 48.3 Å². The number of anilines is 1. The smallest absolute Gasteiger partial charge is 0.407 e. The molecule has 12 heteroatoms. The predicted molar refractivity (Wildman–Crippen MR) is 113 cm³/mol. The van der Waals surface area contributed by atoms with Crippen LogP contribution in [0, 0.1) is 11.7 Å². The van der Waals surface area contributed by atoms with E-state index in [9.17, 15) is 27.2 Å². The summed E-state index contributed by atoms with van der Waals surface area (Å²) in [4.78, 5) is 33.7. The van der Waals surface area contributed by atoms with Crippen LogP contribution in [0.4, 0.5) is 28.0 Å². The number of rotatable bonds is 6. The van der Waals surface area contributed by atoms with Crippen molar-refractivity contribution < 1.29 is 31.9 Å². The zero-order chi connectivity index (χ0) is 24.3. The summed E-state index contributed by atoms with van der Waals surface area (Å²) in [6.45, 7) is 0.941. The summed E-state index contributed by atoms with van der Waals surface area (Å²) in [7, 11) is 0. The molecule has 1 aliphatic heterocycles. The SMILES string of the molecule is O=C(NC1(C(=O)NCC2CCN(c3cccc(F)c3C(F)(F)F)CC2)CC1)Oc1cncnc1. The minimum atomic E-state index is -4.79. The number of nitrogens with zero attached hydrogens (tertiary/aromatic N) is 3. The molecule has 1 saturated heterocycles. The van der Waals surface area contributed by atoms with Gasteiger partial charge in [-0.05, 0) is 43.7 Å². The van der Waals surface area contributed by atoms with Crippen LogP contribution in [-0.2, 0) is 11.0 Å². The van der Waals surface area contributed by atoms with Crippen molar-refractivity contribution in [3.8, 4) is 5.75 Å². The zero-order valence-corrected chi connectivity index (χ0v) is 18.1. The topological polar surface area (TPSA) is 96.5 Å². The van der Waals surface area contributed by atoms with Crippen molar-refractivity contribution in [3.63, 3.8) is 0 Å². The molecule has 2 fully saturated rings. The second-order valence-electron chi connectivity index (χ2n) is 8.44. The number of aromatic nitrogens is 2. The summed E-state index contributed by atoms with van der Waals surface area (Å²) in [6.07, 6.45) is 0.361. The number of hydrogen-bond donors (Lipinski definition) is 2. The van der Waals surface area contributed by atoms with Gasteiger partial charge in [-0.15, -0.1) is 0 Å². The molecule has 2 aliphatic rings. The second-order valence-corrected chi connectivity index (χ2v) is 8.44. The van der Waals surface area contributed by atoms with Gasteiger partial charge >= 0.3 is 12.3 Å². The number of piperidine rings is 1. The number of carbonyl (C=O) groups excluding carboxylic acids is 2. The number of amides is 2. The van der Waals surface area contributed by atoms with Gasteiger partial charge in [-0.1, -0.05) is 6.07 Å². The molecule has 1 aromatic heterocycles. The van der Waals surface area contributed by atoms with Gasteiger partial charge in [0.1, 0.15) is 23.2 Å². The van der Waals surface area contributed by atoms with Crippen LogP contribution in [0.5, 0.6) is 5.75 Å². The Morgan fingerprint density at radius 3 is 2.44 bits per heavy atom. The first-order chi connectivity index (χ1) is 16.2. The van der Waals surface area contributed by atoms with Crippen LogP contribution in [0.3, 0.4) is 0 Å². The molecule has 1 aliphatic carbocycles. The van der Waals surface area contributed by atoms with Gasteiger partial charge in [-0.3, -0.25) is 4.79 Å². The summed E-state index contributed by atoms with van der Waals surface area (Å²) < 4.78 is 58.9. The molecule has 0 atom stereocenters. The van der Waals surface area contributed by atoms with E-state index in [1.165, 1.54) is 35.8 Å². The monoisotopic (exact) mass is 481 g/mol. The summed E-state index contributed by atoms with van der Waals surface area (Å²) in [5.74, 6) is -1.43. The average Bonchev–Trinajstić information content (AvgIpc) is 3.58. The molecule has 2 amide bonds. The van der Waals surface area contributed by atoms with E-state index in [-0.39, 0.29) is 23.3 Å². The van der Waals surface area contributed by atoms with Crippen LogP contribution in [-0.4, -0.2) is 47.1 Å². The Morgan fingerprint density at radius 2 is 1.82 bits per heavy atom. The van der Waals surface area contributed by atoms with Crippen molar-refractivity contribution in [2.24, 2.45) is 5.92 Å². The molecule has 4 rings (SSSR count). The number of nitrogens with one attached hydrogen (secondary N) is 2. The van der Waals surface area contributed by atoms with Crippen molar-refractivity contribution >= 4 is 17.7 Å². The number of alkyl halides is 3. The van der Waals surface area contributed by atoms with Crippen LogP contribution >= 0.6 is 0 Å². The quantitative estimate of drug-likeness (QED) is 0.615. The maximum absolute atomic E-state index is 13.9. The van der Waals surface area contributed by atoms with Gasteiger partial charge in [-0.2, -0.15) is 13.2 Å². The fraction of sp³-hybridized carbons (Fsp3) is 0.455. The van der Waals surface area contributed by atoms with Crippen molar-refractivity contribution in [2.45, 2.75) is 37.4 Å². The maximum Gasteiger partial charge on any atom is 0.421 e. The zero-order valence-electron chi connectivity index (χ0n) is 18.1. The lowest BCUT2D eigenvalue weighted by atomic mass is 9.95.